The van der Waals surface area contributed by atoms with E-state index in [1.165, 1.54) is 42.5 Å². The Balaban J connectivity index is 1.46. The number of benzene rings is 2. The van der Waals surface area contributed by atoms with Crippen LogP contribution in [0.25, 0.3) is 17.2 Å². The number of hydrogen-bond acceptors (Lipinski definition) is 7. The summed E-state index contributed by atoms with van der Waals surface area (Å²) in [5, 5.41) is 2.76. The predicted octanol–water partition coefficient (Wildman–Crippen LogP) is 4.10. The van der Waals surface area contributed by atoms with E-state index in [9.17, 15) is 13.6 Å². The van der Waals surface area contributed by atoms with Crippen LogP contribution in [0.3, 0.4) is 0 Å². The van der Waals surface area contributed by atoms with Crippen LogP contribution in [0, 0.1) is 11.6 Å². The molecule has 0 fully saturated rings. The third-order valence-corrected chi connectivity index (χ3v) is 6.13. The second-order valence-corrected chi connectivity index (χ2v) is 8.39. The molecular weight excluding hydrogens is 468 g/mol. The molecular formula is C25H17F2N7O2. The van der Waals surface area contributed by atoms with Crippen LogP contribution in [0.2, 0.25) is 0 Å². The Hall–Kier alpha value is -4.93. The number of rotatable bonds is 4. The molecule has 0 unspecified atom stereocenters. The molecule has 6 rings (SSSR count). The number of carbonyl (C=O) groups is 1. The minimum absolute atomic E-state index is 0.0697. The Kier molecular flexibility index (Phi) is 4.68. The van der Waals surface area contributed by atoms with Gasteiger partial charge in [-0.3, -0.25) is 4.79 Å². The first kappa shape index (κ1) is 21.6. The van der Waals surface area contributed by atoms with Gasteiger partial charge in [0.25, 0.3) is 5.88 Å². The van der Waals surface area contributed by atoms with Gasteiger partial charge in [0.15, 0.2) is 5.82 Å². The number of hydrogen-bond donors (Lipinski definition) is 2. The van der Waals surface area contributed by atoms with E-state index in [1.807, 2.05) is 0 Å². The Morgan fingerprint density at radius 3 is 2.64 bits per heavy atom. The fourth-order valence-electron chi connectivity index (χ4n) is 4.30. The fourth-order valence-corrected chi connectivity index (χ4v) is 4.30. The van der Waals surface area contributed by atoms with Gasteiger partial charge < -0.3 is 20.2 Å². The first-order valence-electron chi connectivity index (χ1n) is 10.9. The number of nitrogens with one attached hydrogen (secondary N) is 1. The van der Waals surface area contributed by atoms with Crippen LogP contribution < -0.4 is 15.8 Å². The van der Waals surface area contributed by atoms with Gasteiger partial charge >= 0.3 is 0 Å². The van der Waals surface area contributed by atoms with Crippen LogP contribution in [-0.2, 0) is 10.2 Å². The van der Waals surface area contributed by atoms with Gasteiger partial charge in [-0.1, -0.05) is 18.2 Å². The van der Waals surface area contributed by atoms with Gasteiger partial charge in [0.1, 0.15) is 40.1 Å². The molecule has 9 nitrogen and oxygen atoms in total. The molecule has 178 valence electrons. The van der Waals surface area contributed by atoms with Gasteiger partial charge in [-0.25, -0.2) is 28.7 Å². The maximum absolute atomic E-state index is 13.7. The zero-order valence-corrected chi connectivity index (χ0v) is 18.7. The van der Waals surface area contributed by atoms with Crippen molar-refractivity contribution < 1.29 is 18.3 Å². The number of nitrogens with two attached hydrogens (primary N) is 1. The number of imidazole rings is 1. The van der Waals surface area contributed by atoms with E-state index in [1.54, 1.807) is 36.0 Å². The molecule has 2 aromatic carbocycles. The van der Waals surface area contributed by atoms with Crippen molar-refractivity contribution in [2.75, 3.05) is 11.1 Å². The van der Waals surface area contributed by atoms with E-state index in [-0.39, 0.29) is 40.7 Å². The van der Waals surface area contributed by atoms with Crippen molar-refractivity contribution >= 4 is 23.2 Å². The summed E-state index contributed by atoms with van der Waals surface area (Å²) in [5.41, 5.74) is 6.76. The molecule has 0 radical (unpaired) electrons. The van der Waals surface area contributed by atoms with Gasteiger partial charge in [0.05, 0.1) is 5.56 Å². The van der Waals surface area contributed by atoms with Gasteiger partial charge in [-0.2, -0.15) is 0 Å². The molecule has 5 aromatic rings. The van der Waals surface area contributed by atoms with Crippen molar-refractivity contribution in [2.24, 2.45) is 0 Å². The van der Waals surface area contributed by atoms with Gasteiger partial charge in [0.2, 0.25) is 11.6 Å². The Morgan fingerprint density at radius 1 is 1.06 bits per heavy atom. The highest BCUT2D eigenvalue weighted by molar-refractivity contribution is 6.09. The number of ether oxygens (including phenoxy) is 1. The molecule has 1 atom stereocenters. The van der Waals surface area contributed by atoms with Gasteiger partial charge in [-0.15, -0.1) is 0 Å². The molecule has 36 heavy (non-hydrogen) atoms. The Bertz CT molecular complexity index is 1670. The number of halogens is 2. The van der Waals surface area contributed by atoms with Crippen LogP contribution in [0.1, 0.15) is 18.1 Å². The molecule has 11 heteroatoms. The minimum Gasteiger partial charge on any atom is -0.436 e. The Labute approximate surface area is 202 Å². The largest absolute Gasteiger partial charge is 0.436 e. The van der Waals surface area contributed by atoms with E-state index in [0.717, 1.165) is 0 Å². The molecule has 0 aliphatic carbocycles. The molecule has 3 N–H and O–H groups in total. The molecule has 0 spiro atoms. The molecule has 4 heterocycles. The highest BCUT2D eigenvalue weighted by atomic mass is 19.1. The van der Waals surface area contributed by atoms with Crippen molar-refractivity contribution in [3.8, 4) is 23.1 Å². The second-order valence-electron chi connectivity index (χ2n) is 8.39. The van der Waals surface area contributed by atoms with E-state index in [0.29, 0.717) is 16.8 Å². The van der Waals surface area contributed by atoms with Crippen LogP contribution in [0.15, 0.2) is 67.1 Å². The number of fused-ring (bicyclic) bond motifs is 2. The van der Waals surface area contributed by atoms with Gasteiger partial charge in [-0.05, 0) is 36.8 Å². The summed E-state index contributed by atoms with van der Waals surface area (Å²) in [6.45, 7) is 1.68. The smallest absolute Gasteiger partial charge is 0.264 e. The third kappa shape index (κ3) is 3.32. The van der Waals surface area contributed by atoms with Crippen molar-refractivity contribution in [1.29, 1.82) is 0 Å². The fraction of sp³-hybridized carbons (Fsp3) is 0.0800. The lowest BCUT2D eigenvalue weighted by atomic mass is 9.78. The number of nitrogens with zero attached hydrogens (tertiary/aromatic N) is 5. The molecule has 0 bridgehead atoms. The van der Waals surface area contributed by atoms with Crippen molar-refractivity contribution in [2.45, 2.75) is 12.3 Å². The number of carbonyl (C=O) groups excluding carboxylic acids is 1. The average molecular weight is 485 g/mol. The summed E-state index contributed by atoms with van der Waals surface area (Å²) >= 11 is 0. The quantitative estimate of drug-likeness (QED) is 0.393. The number of nitrogen functional groups attached to an aromatic ring is 1. The molecule has 1 aliphatic rings. The standard InChI is InChI=1S/C25H17F2N7O2/c1-25(13-5-7-14(26)8-6-13)18-19(28)31-20(32-21(18)33-24(25)35)17-12-34-10-9-29-22(34)23(30-17)36-16-4-2-3-15(27)11-16/h2-12H,1H3,(H3,28,31,32,33,35)/t25-/m1/s1. The van der Waals surface area contributed by atoms with Crippen LogP contribution in [0.4, 0.5) is 20.4 Å². The number of aromatic nitrogens is 5. The van der Waals surface area contributed by atoms with Crippen molar-refractivity contribution in [3.63, 3.8) is 0 Å². The van der Waals surface area contributed by atoms with Crippen LogP contribution in [0.5, 0.6) is 11.6 Å². The van der Waals surface area contributed by atoms with Crippen molar-refractivity contribution in [1.82, 2.24) is 24.3 Å². The normalized spacial score (nSPS) is 16.7. The topological polar surface area (TPSA) is 120 Å². The lowest BCUT2D eigenvalue weighted by Gasteiger charge is -2.23. The molecule has 1 amide bonds. The van der Waals surface area contributed by atoms with Crippen molar-refractivity contribution in [3.05, 3.63) is 89.9 Å². The monoisotopic (exact) mass is 485 g/mol. The summed E-state index contributed by atoms with van der Waals surface area (Å²) in [6.07, 6.45) is 4.88. The number of anilines is 2. The second kappa shape index (κ2) is 7.80. The summed E-state index contributed by atoms with van der Waals surface area (Å²) < 4.78 is 34.6. The lowest BCUT2D eigenvalue weighted by Crippen LogP contribution is -2.33. The van der Waals surface area contributed by atoms with E-state index in [2.05, 4.69) is 25.3 Å². The zero-order valence-electron chi connectivity index (χ0n) is 18.7. The predicted molar refractivity (Wildman–Crippen MR) is 126 cm³/mol. The minimum atomic E-state index is -1.21. The third-order valence-electron chi connectivity index (χ3n) is 6.13. The van der Waals surface area contributed by atoms with E-state index in [4.69, 9.17) is 10.5 Å². The van der Waals surface area contributed by atoms with Gasteiger partial charge in [0, 0.05) is 24.7 Å². The first-order valence-corrected chi connectivity index (χ1v) is 10.9. The Morgan fingerprint density at radius 2 is 1.86 bits per heavy atom. The summed E-state index contributed by atoms with van der Waals surface area (Å²) in [6, 6.07) is 11.3. The van der Waals surface area contributed by atoms with Crippen LogP contribution in [-0.4, -0.2) is 30.2 Å². The SMILES string of the molecule is C[C@]1(c2ccc(F)cc2)C(=O)Nc2nc(-c3cn4ccnc4c(Oc4cccc(F)c4)n3)nc(N)c21. The maximum atomic E-state index is 13.7. The summed E-state index contributed by atoms with van der Waals surface area (Å²) in [7, 11) is 0. The van der Waals surface area contributed by atoms with E-state index < -0.39 is 17.0 Å². The lowest BCUT2D eigenvalue weighted by molar-refractivity contribution is -0.119. The average Bonchev–Trinajstić information content (AvgIpc) is 3.42. The highest BCUT2D eigenvalue weighted by Crippen LogP contribution is 2.45. The molecule has 0 saturated carbocycles. The highest BCUT2D eigenvalue weighted by Gasteiger charge is 2.47. The molecule has 1 aliphatic heterocycles. The van der Waals surface area contributed by atoms with E-state index >= 15 is 0 Å². The molecule has 0 saturated heterocycles. The zero-order chi connectivity index (χ0) is 25.0. The first-order chi connectivity index (χ1) is 17.3. The maximum Gasteiger partial charge on any atom is 0.264 e. The number of amides is 1. The summed E-state index contributed by atoms with van der Waals surface area (Å²) in [4.78, 5) is 30.7. The summed E-state index contributed by atoms with van der Waals surface area (Å²) in [5.74, 6) is -0.470. The molecule has 3 aromatic heterocycles. The van der Waals surface area contributed by atoms with Crippen LogP contribution >= 0.6 is 0 Å².